The zero-order valence-corrected chi connectivity index (χ0v) is 15.1. The van der Waals surface area contributed by atoms with Gasteiger partial charge < -0.3 is 4.74 Å². The molecule has 0 amide bonds. The minimum absolute atomic E-state index is 0.0130. The topological polar surface area (TPSA) is 44.1 Å². The molecule has 1 aromatic carbocycles. The molecule has 0 unspecified atom stereocenters. The molecule has 2 aromatic rings. The summed E-state index contributed by atoms with van der Waals surface area (Å²) < 4.78 is 7.29. The van der Waals surface area contributed by atoms with Crippen molar-refractivity contribution in [2.45, 2.75) is 45.4 Å². The molecule has 1 heterocycles. The third-order valence-corrected chi connectivity index (χ3v) is 5.12. The van der Waals surface area contributed by atoms with Crippen molar-refractivity contribution >= 4 is 29.2 Å². The van der Waals surface area contributed by atoms with Gasteiger partial charge >= 0.3 is 5.97 Å². The van der Waals surface area contributed by atoms with Crippen LogP contribution in [0.5, 0.6) is 5.88 Å². The Morgan fingerprint density at radius 2 is 1.96 bits per heavy atom. The molecule has 1 aromatic heterocycles. The number of benzene rings is 1. The number of hydrogen-bond acceptors (Lipinski definition) is 3. The molecule has 3 rings (SSSR count). The summed E-state index contributed by atoms with van der Waals surface area (Å²) >= 11 is 12.1. The zero-order valence-electron chi connectivity index (χ0n) is 13.6. The molecule has 1 aliphatic carbocycles. The van der Waals surface area contributed by atoms with Gasteiger partial charge in [0.05, 0.1) is 27.3 Å². The highest BCUT2D eigenvalue weighted by molar-refractivity contribution is 6.42. The Morgan fingerprint density at radius 1 is 1.21 bits per heavy atom. The molecule has 6 heteroatoms. The predicted octanol–water partition coefficient (Wildman–Crippen LogP) is 5.23. The molecular formula is C18H20Cl2N2O2. The number of esters is 1. The van der Waals surface area contributed by atoms with E-state index in [1.54, 1.807) is 22.9 Å². The molecule has 128 valence electrons. The molecule has 1 aliphatic rings. The highest BCUT2D eigenvalue weighted by Gasteiger charge is 2.24. The Labute approximate surface area is 151 Å². The SMILES string of the molecule is CCc1cc(OC(=O)C2CCCCC2)n(-c2ccc(Cl)c(Cl)c2)n1. The highest BCUT2D eigenvalue weighted by atomic mass is 35.5. The number of aryl methyl sites for hydroxylation is 1. The van der Waals surface area contributed by atoms with Gasteiger partial charge in [-0.3, -0.25) is 4.79 Å². The first-order valence-corrected chi connectivity index (χ1v) is 9.10. The second-order valence-corrected chi connectivity index (χ2v) is 6.91. The van der Waals surface area contributed by atoms with Gasteiger partial charge in [0.1, 0.15) is 0 Å². The van der Waals surface area contributed by atoms with Crippen LogP contribution in [0.25, 0.3) is 5.69 Å². The lowest BCUT2D eigenvalue weighted by molar-refractivity contribution is -0.140. The maximum absolute atomic E-state index is 12.5. The first-order chi connectivity index (χ1) is 11.6. The number of rotatable bonds is 4. The summed E-state index contributed by atoms with van der Waals surface area (Å²) in [4.78, 5) is 12.5. The van der Waals surface area contributed by atoms with Gasteiger partial charge in [0.25, 0.3) is 0 Å². The van der Waals surface area contributed by atoms with E-state index in [1.807, 2.05) is 13.0 Å². The minimum Gasteiger partial charge on any atom is -0.407 e. The van der Waals surface area contributed by atoms with E-state index in [9.17, 15) is 4.79 Å². The van der Waals surface area contributed by atoms with Crippen molar-refractivity contribution in [3.05, 3.63) is 40.0 Å². The van der Waals surface area contributed by atoms with Gasteiger partial charge in [0.15, 0.2) is 0 Å². The lowest BCUT2D eigenvalue weighted by atomic mass is 9.89. The molecule has 0 saturated heterocycles. The van der Waals surface area contributed by atoms with Crippen LogP contribution in [0.4, 0.5) is 0 Å². The van der Waals surface area contributed by atoms with Gasteiger partial charge in [-0.2, -0.15) is 5.10 Å². The van der Waals surface area contributed by atoms with Crippen LogP contribution in [0.3, 0.4) is 0 Å². The highest BCUT2D eigenvalue weighted by Crippen LogP contribution is 2.29. The Kier molecular flexibility index (Phi) is 5.47. The first kappa shape index (κ1) is 17.3. The molecule has 0 N–H and O–H groups in total. The average Bonchev–Trinajstić information content (AvgIpc) is 3.01. The fourth-order valence-electron chi connectivity index (χ4n) is 2.98. The lowest BCUT2D eigenvalue weighted by Crippen LogP contribution is -2.23. The Morgan fingerprint density at radius 3 is 2.62 bits per heavy atom. The Hall–Kier alpha value is -1.52. The van der Waals surface area contributed by atoms with Crippen molar-refractivity contribution < 1.29 is 9.53 Å². The van der Waals surface area contributed by atoms with E-state index in [2.05, 4.69) is 5.10 Å². The summed E-state index contributed by atoms with van der Waals surface area (Å²) in [7, 11) is 0. The summed E-state index contributed by atoms with van der Waals surface area (Å²) in [6, 6.07) is 7.04. The van der Waals surface area contributed by atoms with Crippen molar-refractivity contribution in [2.75, 3.05) is 0 Å². The Bertz CT molecular complexity index is 737. The molecule has 1 saturated carbocycles. The standard InChI is InChI=1S/C18H20Cl2N2O2/c1-2-13-10-17(24-18(23)12-6-4-3-5-7-12)22(21-13)14-8-9-15(19)16(20)11-14/h8-12H,2-7H2,1H3. The summed E-state index contributed by atoms with van der Waals surface area (Å²) in [5, 5.41) is 5.42. The smallest absolute Gasteiger partial charge is 0.315 e. The van der Waals surface area contributed by atoms with Crippen LogP contribution in [-0.4, -0.2) is 15.7 Å². The van der Waals surface area contributed by atoms with E-state index < -0.39 is 0 Å². The summed E-state index contributed by atoms with van der Waals surface area (Å²) in [6.07, 6.45) is 5.94. The van der Waals surface area contributed by atoms with Gasteiger partial charge in [-0.15, -0.1) is 0 Å². The lowest BCUT2D eigenvalue weighted by Gasteiger charge is -2.19. The molecule has 0 bridgehead atoms. The number of hydrogen-bond donors (Lipinski definition) is 0. The van der Waals surface area contributed by atoms with Crippen molar-refractivity contribution in [2.24, 2.45) is 5.92 Å². The number of carbonyl (C=O) groups is 1. The number of carbonyl (C=O) groups excluding carboxylic acids is 1. The molecule has 0 spiro atoms. The molecule has 0 radical (unpaired) electrons. The quantitative estimate of drug-likeness (QED) is 0.696. The van der Waals surface area contributed by atoms with Crippen molar-refractivity contribution in [3.8, 4) is 11.6 Å². The van der Waals surface area contributed by atoms with E-state index >= 15 is 0 Å². The first-order valence-electron chi connectivity index (χ1n) is 8.34. The predicted molar refractivity (Wildman–Crippen MR) is 95.2 cm³/mol. The summed E-state index contributed by atoms with van der Waals surface area (Å²) in [5.41, 5.74) is 1.57. The second kappa shape index (κ2) is 7.58. The maximum atomic E-state index is 12.5. The number of aromatic nitrogens is 2. The van der Waals surface area contributed by atoms with Gasteiger partial charge in [0.2, 0.25) is 5.88 Å². The van der Waals surface area contributed by atoms with Gasteiger partial charge in [-0.05, 0) is 37.5 Å². The Balaban J connectivity index is 1.88. The van der Waals surface area contributed by atoms with E-state index in [4.69, 9.17) is 27.9 Å². The molecule has 24 heavy (non-hydrogen) atoms. The summed E-state index contributed by atoms with van der Waals surface area (Å²) in [6.45, 7) is 2.01. The van der Waals surface area contributed by atoms with Crippen LogP contribution < -0.4 is 4.74 Å². The van der Waals surface area contributed by atoms with Crippen molar-refractivity contribution in [1.29, 1.82) is 0 Å². The fraction of sp³-hybridized carbons (Fsp3) is 0.444. The zero-order chi connectivity index (χ0) is 17.1. The van der Waals surface area contributed by atoms with Crippen LogP contribution in [0, 0.1) is 5.92 Å². The van der Waals surface area contributed by atoms with Crippen LogP contribution >= 0.6 is 23.2 Å². The normalized spacial score (nSPS) is 15.5. The number of halogens is 2. The molecule has 0 aliphatic heterocycles. The molecule has 4 nitrogen and oxygen atoms in total. The van der Waals surface area contributed by atoms with Crippen LogP contribution in [0.15, 0.2) is 24.3 Å². The van der Waals surface area contributed by atoms with Crippen LogP contribution in [0.1, 0.15) is 44.7 Å². The van der Waals surface area contributed by atoms with Crippen molar-refractivity contribution in [3.63, 3.8) is 0 Å². The van der Waals surface area contributed by atoms with E-state index in [1.165, 1.54) is 6.42 Å². The van der Waals surface area contributed by atoms with Crippen molar-refractivity contribution in [1.82, 2.24) is 9.78 Å². The number of nitrogens with zero attached hydrogens (tertiary/aromatic N) is 2. The average molecular weight is 367 g/mol. The summed E-state index contributed by atoms with van der Waals surface area (Å²) in [5.74, 6) is 0.250. The minimum atomic E-state index is -0.168. The van der Waals surface area contributed by atoms with Gasteiger partial charge in [-0.25, -0.2) is 4.68 Å². The maximum Gasteiger partial charge on any atom is 0.315 e. The van der Waals surface area contributed by atoms with Crippen LogP contribution in [-0.2, 0) is 11.2 Å². The third kappa shape index (κ3) is 3.76. The number of ether oxygens (including phenoxy) is 1. The molecular weight excluding hydrogens is 347 g/mol. The second-order valence-electron chi connectivity index (χ2n) is 6.09. The molecule has 0 atom stereocenters. The molecule has 1 fully saturated rings. The van der Waals surface area contributed by atoms with E-state index in [0.717, 1.165) is 43.5 Å². The monoisotopic (exact) mass is 366 g/mol. The van der Waals surface area contributed by atoms with Gasteiger partial charge in [-0.1, -0.05) is 49.4 Å². The third-order valence-electron chi connectivity index (χ3n) is 4.38. The van der Waals surface area contributed by atoms with Crippen LogP contribution in [0.2, 0.25) is 10.0 Å². The van der Waals surface area contributed by atoms with Gasteiger partial charge in [0, 0.05) is 6.07 Å². The fourth-order valence-corrected chi connectivity index (χ4v) is 3.27. The largest absolute Gasteiger partial charge is 0.407 e. The van der Waals surface area contributed by atoms with E-state index in [0.29, 0.717) is 15.9 Å². The van der Waals surface area contributed by atoms with E-state index in [-0.39, 0.29) is 11.9 Å².